The Hall–Kier alpha value is -2.70. The standard InChI is InChI=1S/C14H10N4O3S2/c1-7-10(13(19)20-2)8(6-15)11(21-7)16-14-18-17-12(23-14)9-4-3-5-22-9/h3-5H,1-2H3,(H,16,18). The maximum Gasteiger partial charge on any atom is 0.342 e. The zero-order valence-corrected chi connectivity index (χ0v) is 13.7. The number of anilines is 2. The number of nitriles is 1. The molecule has 23 heavy (non-hydrogen) atoms. The van der Waals surface area contributed by atoms with Crippen molar-refractivity contribution in [1.29, 1.82) is 5.26 Å². The lowest BCUT2D eigenvalue weighted by molar-refractivity contribution is 0.0598. The van der Waals surface area contributed by atoms with E-state index < -0.39 is 5.97 Å². The predicted octanol–water partition coefficient (Wildman–Crippen LogP) is 3.57. The molecule has 0 spiro atoms. The second-order valence-corrected chi connectivity index (χ2v) is 6.28. The van der Waals surface area contributed by atoms with Crippen molar-refractivity contribution in [3.05, 3.63) is 34.4 Å². The average Bonchev–Trinajstić information content (AvgIpc) is 3.26. The van der Waals surface area contributed by atoms with Crippen LogP contribution in [-0.4, -0.2) is 23.3 Å². The van der Waals surface area contributed by atoms with Gasteiger partial charge in [0.15, 0.2) is 5.01 Å². The molecule has 0 aliphatic rings. The number of thiophene rings is 1. The van der Waals surface area contributed by atoms with E-state index in [9.17, 15) is 10.1 Å². The Labute approximate surface area is 139 Å². The maximum absolute atomic E-state index is 11.8. The van der Waals surface area contributed by atoms with Crippen LogP contribution in [0.25, 0.3) is 9.88 Å². The molecule has 0 saturated carbocycles. The number of ether oxygens (including phenoxy) is 1. The highest BCUT2D eigenvalue weighted by molar-refractivity contribution is 7.22. The second-order valence-electron chi connectivity index (χ2n) is 4.36. The first-order valence-electron chi connectivity index (χ1n) is 6.40. The fraction of sp³-hybridized carbons (Fsp3) is 0.143. The van der Waals surface area contributed by atoms with Gasteiger partial charge in [-0.15, -0.1) is 21.5 Å². The highest BCUT2D eigenvalue weighted by Crippen LogP contribution is 2.34. The number of carbonyl (C=O) groups excluding carboxylic acids is 1. The van der Waals surface area contributed by atoms with E-state index in [1.165, 1.54) is 18.4 Å². The molecule has 0 atom stereocenters. The number of hydrogen-bond acceptors (Lipinski definition) is 9. The van der Waals surface area contributed by atoms with Crippen LogP contribution in [0.2, 0.25) is 0 Å². The average molecular weight is 346 g/mol. The van der Waals surface area contributed by atoms with Crippen LogP contribution >= 0.6 is 22.7 Å². The molecule has 3 rings (SSSR count). The van der Waals surface area contributed by atoms with Crippen molar-refractivity contribution in [1.82, 2.24) is 10.2 Å². The van der Waals surface area contributed by atoms with Crippen LogP contribution in [0.1, 0.15) is 21.7 Å². The van der Waals surface area contributed by atoms with Gasteiger partial charge in [-0.2, -0.15) is 5.26 Å². The van der Waals surface area contributed by atoms with Gasteiger partial charge in [-0.05, 0) is 18.4 Å². The molecular formula is C14H10N4O3S2. The van der Waals surface area contributed by atoms with Crippen molar-refractivity contribution < 1.29 is 13.9 Å². The summed E-state index contributed by atoms with van der Waals surface area (Å²) in [5, 5.41) is 23.5. The molecule has 0 radical (unpaired) electrons. The van der Waals surface area contributed by atoms with Crippen molar-refractivity contribution in [2.45, 2.75) is 6.92 Å². The van der Waals surface area contributed by atoms with E-state index in [1.54, 1.807) is 18.3 Å². The summed E-state index contributed by atoms with van der Waals surface area (Å²) >= 11 is 2.89. The molecule has 0 aromatic carbocycles. The van der Waals surface area contributed by atoms with Crippen LogP contribution in [0, 0.1) is 18.3 Å². The first-order chi connectivity index (χ1) is 11.1. The molecule has 0 aliphatic carbocycles. The van der Waals surface area contributed by atoms with Gasteiger partial charge < -0.3 is 9.15 Å². The normalized spacial score (nSPS) is 10.3. The number of rotatable bonds is 4. The summed E-state index contributed by atoms with van der Waals surface area (Å²) in [5.41, 5.74) is 0.197. The Kier molecular flexibility index (Phi) is 4.10. The van der Waals surface area contributed by atoms with Gasteiger partial charge in [0, 0.05) is 0 Å². The van der Waals surface area contributed by atoms with Gasteiger partial charge in [-0.3, -0.25) is 5.32 Å². The number of hydrogen-bond donors (Lipinski definition) is 1. The number of nitrogens with zero attached hydrogens (tertiary/aromatic N) is 3. The van der Waals surface area contributed by atoms with Gasteiger partial charge >= 0.3 is 5.97 Å². The van der Waals surface area contributed by atoms with E-state index in [4.69, 9.17) is 4.42 Å². The van der Waals surface area contributed by atoms with Crippen LogP contribution in [0.3, 0.4) is 0 Å². The number of carbonyl (C=O) groups is 1. The third kappa shape index (κ3) is 2.81. The predicted molar refractivity (Wildman–Crippen MR) is 86.0 cm³/mol. The molecule has 116 valence electrons. The van der Waals surface area contributed by atoms with Crippen molar-refractivity contribution in [3.8, 4) is 16.0 Å². The van der Waals surface area contributed by atoms with E-state index in [0.29, 0.717) is 10.9 Å². The summed E-state index contributed by atoms with van der Waals surface area (Å²) in [6.45, 7) is 1.59. The van der Waals surface area contributed by atoms with Gasteiger partial charge in [0.05, 0.1) is 12.0 Å². The SMILES string of the molecule is COC(=O)c1c(C)oc(Nc2nnc(-c3cccs3)s2)c1C#N. The van der Waals surface area contributed by atoms with E-state index in [2.05, 4.69) is 20.3 Å². The summed E-state index contributed by atoms with van der Waals surface area (Å²) in [5.74, 6) is -0.162. The molecule has 3 heterocycles. The van der Waals surface area contributed by atoms with E-state index in [-0.39, 0.29) is 17.0 Å². The molecule has 0 amide bonds. The molecule has 7 nitrogen and oxygen atoms in total. The van der Waals surface area contributed by atoms with E-state index in [0.717, 1.165) is 9.88 Å². The minimum absolute atomic E-state index is 0.0854. The highest BCUT2D eigenvalue weighted by atomic mass is 32.1. The van der Waals surface area contributed by atoms with E-state index in [1.807, 2.05) is 23.6 Å². The Bertz CT molecular complexity index is 890. The zero-order chi connectivity index (χ0) is 16.4. The van der Waals surface area contributed by atoms with Crippen LogP contribution in [0.4, 0.5) is 11.0 Å². The Morgan fingerprint density at radius 3 is 2.96 bits per heavy atom. The lowest BCUT2D eigenvalue weighted by Gasteiger charge is -1.97. The van der Waals surface area contributed by atoms with Crippen LogP contribution in [0.5, 0.6) is 0 Å². The van der Waals surface area contributed by atoms with Crippen molar-refractivity contribution in [3.63, 3.8) is 0 Å². The van der Waals surface area contributed by atoms with Gasteiger partial charge in [0.1, 0.15) is 23.0 Å². The van der Waals surface area contributed by atoms with Crippen LogP contribution in [-0.2, 0) is 4.74 Å². The molecular weight excluding hydrogens is 336 g/mol. The van der Waals surface area contributed by atoms with Crippen LogP contribution in [0.15, 0.2) is 21.9 Å². The monoisotopic (exact) mass is 346 g/mol. The van der Waals surface area contributed by atoms with E-state index >= 15 is 0 Å². The Morgan fingerprint density at radius 2 is 2.30 bits per heavy atom. The van der Waals surface area contributed by atoms with Crippen LogP contribution < -0.4 is 5.32 Å². The molecule has 3 aromatic rings. The lowest BCUT2D eigenvalue weighted by atomic mass is 10.1. The fourth-order valence-electron chi connectivity index (χ4n) is 1.96. The molecule has 3 aromatic heterocycles. The molecule has 0 aliphatic heterocycles. The largest absolute Gasteiger partial charge is 0.465 e. The van der Waals surface area contributed by atoms with Gasteiger partial charge in [-0.1, -0.05) is 17.4 Å². The minimum atomic E-state index is -0.618. The second kappa shape index (κ2) is 6.20. The van der Waals surface area contributed by atoms with Crippen molar-refractivity contribution in [2.24, 2.45) is 0 Å². The quantitative estimate of drug-likeness (QED) is 0.721. The third-order valence-electron chi connectivity index (χ3n) is 2.96. The fourth-order valence-corrected chi connectivity index (χ4v) is 3.49. The molecule has 0 unspecified atom stereocenters. The van der Waals surface area contributed by atoms with Gasteiger partial charge in [0.25, 0.3) is 0 Å². The molecule has 1 N–H and O–H groups in total. The number of nitrogens with one attached hydrogen (secondary N) is 1. The number of esters is 1. The lowest BCUT2D eigenvalue weighted by Crippen LogP contribution is -2.04. The summed E-state index contributed by atoms with van der Waals surface area (Å²) in [6, 6.07) is 5.83. The number of furan rings is 1. The first-order valence-corrected chi connectivity index (χ1v) is 8.10. The van der Waals surface area contributed by atoms with Crippen molar-refractivity contribution >= 4 is 39.7 Å². The number of aryl methyl sites for hydroxylation is 1. The summed E-state index contributed by atoms with van der Waals surface area (Å²) in [4.78, 5) is 12.8. The minimum Gasteiger partial charge on any atom is -0.465 e. The molecule has 0 saturated heterocycles. The smallest absolute Gasteiger partial charge is 0.342 e. The summed E-state index contributed by atoms with van der Waals surface area (Å²) < 4.78 is 10.1. The molecule has 0 fully saturated rings. The highest BCUT2D eigenvalue weighted by Gasteiger charge is 2.25. The summed E-state index contributed by atoms with van der Waals surface area (Å²) in [6.07, 6.45) is 0. The number of aromatic nitrogens is 2. The zero-order valence-electron chi connectivity index (χ0n) is 12.1. The number of methoxy groups -OCH3 is 1. The molecule has 0 bridgehead atoms. The molecule has 9 heteroatoms. The summed E-state index contributed by atoms with van der Waals surface area (Å²) in [7, 11) is 1.25. The third-order valence-corrected chi connectivity index (χ3v) is 4.84. The topological polar surface area (TPSA) is 101 Å². The Morgan fingerprint density at radius 1 is 1.48 bits per heavy atom. The van der Waals surface area contributed by atoms with Gasteiger partial charge in [0.2, 0.25) is 11.0 Å². The van der Waals surface area contributed by atoms with Crippen molar-refractivity contribution in [2.75, 3.05) is 12.4 Å². The Balaban J connectivity index is 1.92. The van der Waals surface area contributed by atoms with Gasteiger partial charge in [-0.25, -0.2) is 4.79 Å². The first kappa shape index (κ1) is 15.2. The maximum atomic E-state index is 11.8.